The number of nitrogens with one attached hydrogen (secondary N) is 1. The second-order valence-corrected chi connectivity index (χ2v) is 4.95. The lowest BCUT2D eigenvalue weighted by Gasteiger charge is -2.13. The predicted octanol–water partition coefficient (Wildman–Crippen LogP) is 2.60. The third kappa shape index (κ3) is 2.42. The van der Waals surface area contributed by atoms with Crippen LogP contribution in [0.5, 0.6) is 0 Å². The van der Waals surface area contributed by atoms with Crippen LogP contribution in [-0.4, -0.2) is 11.0 Å². The summed E-state index contributed by atoms with van der Waals surface area (Å²) in [6.07, 6.45) is -0.240. The van der Waals surface area contributed by atoms with Gasteiger partial charge in [-0.3, -0.25) is 4.79 Å². The van der Waals surface area contributed by atoms with Gasteiger partial charge in [0.25, 0.3) is 0 Å². The van der Waals surface area contributed by atoms with Gasteiger partial charge in [-0.2, -0.15) is 0 Å². The molecule has 0 saturated heterocycles. The van der Waals surface area contributed by atoms with Crippen LogP contribution in [0, 0.1) is 5.82 Å². The summed E-state index contributed by atoms with van der Waals surface area (Å²) in [6, 6.07) is 11.8. The van der Waals surface area contributed by atoms with Gasteiger partial charge in [-0.25, -0.2) is 4.39 Å². The van der Waals surface area contributed by atoms with E-state index in [1.807, 2.05) is 0 Å². The van der Waals surface area contributed by atoms with E-state index in [4.69, 9.17) is 0 Å². The Bertz CT molecular complexity index is 669. The minimum Gasteiger partial charge on any atom is -0.388 e. The lowest BCUT2D eigenvalue weighted by atomic mass is 9.98. The topological polar surface area (TPSA) is 49.3 Å². The van der Waals surface area contributed by atoms with Gasteiger partial charge in [0.2, 0.25) is 5.91 Å². The van der Waals surface area contributed by atoms with Crippen LogP contribution in [0.1, 0.15) is 22.8 Å². The summed E-state index contributed by atoms with van der Waals surface area (Å²) in [6.45, 7) is 0. The number of aliphatic hydroxyl groups is 1. The number of amides is 1. The Morgan fingerprint density at radius 3 is 2.85 bits per heavy atom. The molecule has 0 spiro atoms. The highest BCUT2D eigenvalue weighted by molar-refractivity contribution is 5.99. The second kappa shape index (κ2) is 5.06. The molecule has 1 amide bonds. The lowest BCUT2D eigenvalue weighted by Crippen LogP contribution is -2.04. The molecule has 0 bridgehead atoms. The fraction of sp³-hybridized carbons (Fsp3) is 0.188. The van der Waals surface area contributed by atoms with E-state index in [2.05, 4.69) is 5.32 Å². The van der Waals surface area contributed by atoms with Crippen LogP contribution < -0.4 is 5.32 Å². The molecule has 1 atom stereocenters. The Labute approximate surface area is 116 Å². The Balaban J connectivity index is 1.82. The average Bonchev–Trinajstić information content (AvgIpc) is 2.80. The van der Waals surface area contributed by atoms with Gasteiger partial charge in [0.1, 0.15) is 5.82 Å². The lowest BCUT2D eigenvalue weighted by molar-refractivity contribution is -0.115. The van der Waals surface area contributed by atoms with Crippen molar-refractivity contribution in [2.75, 3.05) is 5.32 Å². The standard InChI is InChI=1S/C16H14FNO2/c17-13-4-2-1-3-10(13)8-15(19)11-5-6-14-12(7-11)9-16(20)18-14/h1-7,15,19H,8-9H2,(H,18,20). The molecule has 2 N–H and O–H groups in total. The van der Waals surface area contributed by atoms with Crippen molar-refractivity contribution in [1.82, 2.24) is 0 Å². The van der Waals surface area contributed by atoms with Crippen LogP contribution in [0.4, 0.5) is 10.1 Å². The van der Waals surface area contributed by atoms with E-state index in [1.54, 1.807) is 36.4 Å². The van der Waals surface area contributed by atoms with Crippen LogP contribution in [0.15, 0.2) is 42.5 Å². The maximum atomic E-state index is 13.6. The van der Waals surface area contributed by atoms with E-state index in [0.29, 0.717) is 17.5 Å². The summed E-state index contributed by atoms with van der Waals surface area (Å²) in [5.74, 6) is -0.356. The van der Waals surface area contributed by atoms with Crippen molar-refractivity contribution in [2.45, 2.75) is 18.9 Å². The van der Waals surface area contributed by atoms with Crippen LogP contribution in [0.3, 0.4) is 0 Å². The largest absolute Gasteiger partial charge is 0.388 e. The first-order valence-electron chi connectivity index (χ1n) is 6.47. The fourth-order valence-electron chi connectivity index (χ4n) is 2.45. The molecule has 1 aliphatic heterocycles. The summed E-state index contributed by atoms with van der Waals surface area (Å²) < 4.78 is 13.6. The number of benzene rings is 2. The average molecular weight is 271 g/mol. The first kappa shape index (κ1) is 12.8. The molecule has 0 saturated carbocycles. The molecule has 1 heterocycles. The zero-order valence-corrected chi connectivity index (χ0v) is 10.8. The normalized spacial score (nSPS) is 14.8. The highest BCUT2D eigenvalue weighted by Crippen LogP contribution is 2.28. The van der Waals surface area contributed by atoms with Gasteiger partial charge in [-0.15, -0.1) is 0 Å². The molecule has 2 aromatic rings. The van der Waals surface area contributed by atoms with E-state index in [1.165, 1.54) is 6.07 Å². The van der Waals surface area contributed by atoms with Gasteiger partial charge in [0.05, 0.1) is 12.5 Å². The quantitative estimate of drug-likeness (QED) is 0.901. The van der Waals surface area contributed by atoms with Crippen LogP contribution in [0.25, 0.3) is 0 Å². The molecule has 102 valence electrons. The number of fused-ring (bicyclic) bond motifs is 1. The van der Waals surface area contributed by atoms with E-state index in [-0.39, 0.29) is 18.1 Å². The summed E-state index contributed by atoms with van der Waals surface area (Å²) in [5.41, 5.74) is 2.84. The van der Waals surface area contributed by atoms with Crippen molar-refractivity contribution >= 4 is 11.6 Å². The van der Waals surface area contributed by atoms with Gasteiger partial charge >= 0.3 is 0 Å². The molecule has 0 fully saturated rings. The molecule has 2 aromatic carbocycles. The molecule has 0 aliphatic carbocycles. The Hall–Kier alpha value is -2.20. The number of carbonyl (C=O) groups is 1. The molecule has 4 heteroatoms. The minimum atomic E-state index is -0.784. The van der Waals surface area contributed by atoms with Crippen molar-refractivity contribution in [1.29, 1.82) is 0 Å². The van der Waals surface area contributed by atoms with Crippen molar-refractivity contribution in [3.05, 3.63) is 65.0 Å². The minimum absolute atomic E-state index is 0.0410. The van der Waals surface area contributed by atoms with Crippen molar-refractivity contribution in [3.8, 4) is 0 Å². The molecule has 20 heavy (non-hydrogen) atoms. The smallest absolute Gasteiger partial charge is 0.228 e. The molecular weight excluding hydrogens is 257 g/mol. The SMILES string of the molecule is O=C1Cc2cc(C(O)Cc3ccccc3F)ccc2N1. The second-order valence-electron chi connectivity index (χ2n) is 4.95. The monoisotopic (exact) mass is 271 g/mol. The number of hydrogen-bond donors (Lipinski definition) is 2. The maximum absolute atomic E-state index is 13.6. The number of hydrogen-bond acceptors (Lipinski definition) is 2. The Morgan fingerprint density at radius 1 is 1.25 bits per heavy atom. The summed E-state index contributed by atoms with van der Waals surface area (Å²) >= 11 is 0. The van der Waals surface area contributed by atoms with Gasteiger partial charge in [-0.1, -0.05) is 30.3 Å². The Kier molecular flexibility index (Phi) is 3.24. The third-order valence-corrected chi connectivity index (χ3v) is 3.51. The molecule has 0 radical (unpaired) electrons. The van der Waals surface area contributed by atoms with Crippen molar-refractivity contribution < 1.29 is 14.3 Å². The first-order chi connectivity index (χ1) is 9.63. The van der Waals surface area contributed by atoms with Crippen LogP contribution in [0.2, 0.25) is 0 Å². The number of aliphatic hydroxyl groups excluding tert-OH is 1. The molecule has 3 rings (SSSR count). The van der Waals surface area contributed by atoms with E-state index in [9.17, 15) is 14.3 Å². The van der Waals surface area contributed by atoms with E-state index in [0.717, 1.165) is 11.3 Å². The van der Waals surface area contributed by atoms with Gasteiger partial charge < -0.3 is 10.4 Å². The molecular formula is C16H14FNO2. The predicted molar refractivity (Wildman–Crippen MR) is 73.8 cm³/mol. The number of anilines is 1. The number of carbonyl (C=O) groups excluding carboxylic acids is 1. The summed E-state index contributed by atoms with van der Waals surface area (Å²) in [4.78, 5) is 11.3. The van der Waals surface area contributed by atoms with Crippen LogP contribution >= 0.6 is 0 Å². The number of halogens is 1. The maximum Gasteiger partial charge on any atom is 0.228 e. The summed E-state index contributed by atoms with van der Waals surface area (Å²) in [7, 11) is 0. The molecule has 3 nitrogen and oxygen atoms in total. The zero-order valence-electron chi connectivity index (χ0n) is 10.8. The van der Waals surface area contributed by atoms with Crippen molar-refractivity contribution in [2.24, 2.45) is 0 Å². The fourth-order valence-corrected chi connectivity index (χ4v) is 2.45. The van der Waals surface area contributed by atoms with E-state index < -0.39 is 6.10 Å². The number of rotatable bonds is 3. The molecule has 0 aromatic heterocycles. The van der Waals surface area contributed by atoms with Gasteiger partial charge in [0.15, 0.2) is 0 Å². The van der Waals surface area contributed by atoms with Crippen molar-refractivity contribution in [3.63, 3.8) is 0 Å². The molecule has 1 unspecified atom stereocenters. The van der Waals surface area contributed by atoms with E-state index >= 15 is 0 Å². The molecule has 1 aliphatic rings. The highest BCUT2D eigenvalue weighted by atomic mass is 19.1. The first-order valence-corrected chi connectivity index (χ1v) is 6.47. The Morgan fingerprint density at radius 2 is 2.05 bits per heavy atom. The zero-order chi connectivity index (χ0) is 14.1. The van der Waals surface area contributed by atoms with Crippen LogP contribution in [-0.2, 0) is 17.6 Å². The van der Waals surface area contributed by atoms with Gasteiger partial charge in [-0.05, 0) is 28.8 Å². The summed E-state index contributed by atoms with van der Waals surface area (Å²) in [5, 5.41) is 13.0. The third-order valence-electron chi connectivity index (χ3n) is 3.51. The highest BCUT2D eigenvalue weighted by Gasteiger charge is 2.19. The van der Waals surface area contributed by atoms with Gasteiger partial charge in [0, 0.05) is 12.1 Å².